The van der Waals surface area contributed by atoms with E-state index in [9.17, 15) is 4.79 Å². The fraction of sp³-hybridized carbons (Fsp3) is 0.188. The molecule has 0 fully saturated rings. The van der Waals surface area contributed by atoms with E-state index in [-0.39, 0.29) is 12.5 Å². The van der Waals surface area contributed by atoms with Crippen molar-refractivity contribution in [3.05, 3.63) is 60.2 Å². The Kier molecular flexibility index (Phi) is 5.91. The van der Waals surface area contributed by atoms with Gasteiger partial charge in [0.1, 0.15) is 19.0 Å². The summed E-state index contributed by atoms with van der Waals surface area (Å²) in [6.07, 6.45) is -0.520. The first kappa shape index (κ1) is 15.2. The monoisotopic (exact) mass is 305 g/mol. The third kappa shape index (κ3) is 5.36. The van der Waals surface area contributed by atoms with E-state index < -0.39 is 6.09 Å². The molecule has 0 aromatic heterocycles. The molecular formula is C16H16ClNO3. The van der Waals surface area contributed by atoms with E-state index in [1.165, 1.54) is 0 Å². The molecule has 1 N–H and O–H groups in total. The van der Waals surface area contributed by atoms with E-state index in [1.54, 1.807) is 24.3 Å². The van der Waals surface area contributed by atoms with Crippen molar-refractivity contribution < 1.29 is 14.3 Å². The molecular weight excluding hydrogens is 290 g/mol. The minimum absolute atomic E-state index is 0.186. The smallest absolute Gasteiger partial charge is 0.411 e. The number of alkyl halides is 1. The lowest BCUT2D eigenvalue weighted by Crippen LogP contribution is -2.14. The van der Waals surface area contributed by atoms with Crippen molar-refractivity contribution in [3.8, 4) is 5.75 Å². The van der Waals surface area contributed by atoms with E-state index in [4.69, 9.17) is 21.1 Å². The Balaban J connectivity index is 1.83. The number of halogens is 1. The molecule has 0 heterocycles. The zero-order valence-electron chi connectivity index (χ0n) is 11.4. The van der Waals surface area contributed by atoms with Gasteiger partial charge in [-0.05, 0) is 29.8 Å². The molecule has 0 atom stereocenters. The summed E-state index contributed by atoms with van der Waals surface area (Å²) in [6, 6.07) is 17.0. The average molecular weight is 306 g/mol. The molecule has 0 spiro atoms. The molecule has 4 nitrogen and oxygen atoms in total. The Morgan fingerprint density at radius 2 is 1.76 bits per heavy atom. The third-order valence-electron chi connectivity index (χ3n) is 2.66. The number of carbonyl (C=O) groups is 1. The maximum absolute atomic E-state index is 11.3. The number of ether oxygens (including phenoxy) is 2. The quantitative estimate of drug-likeness (QED) is 0.819. The number of benzene rings is 2. The molecule has 0 unspecified atom stereocenters. The number of anilines is 1. The lowest BCUT2D eigenvalue weighted by atomic mass is 10.2. The SMILES string of the molecule is O=C(Nc1ccc(OCc2ccccc2)cc1)OCCCl. The van der Waals surface area contributed by atoms with Crippen LogP contribution in [0.1, 0.15) is 5.56 Å². The van der Waals surface area contributed by atoms with E-state index >= 15 is 0 Å². The molecule has 2 aromatic carbocycles. The molecule has 0 radical (unpaired) electrons. The number of nitrogens with one attached hydrogen (secondary N) is 1. The maximum atomic E-state index is 11.3. The molecule has 0 aliphatic heterocycles. The minimum Gasteiger partial charge on any atom is -0.489 e. The van der Waals surface area contributed by atoms with Gasteiger partial charge in [0.2, 0.25) is 0 Å². The number of amides is 1. The van der Waals surface area contributed by atoms with Gasteiger partial charge in [0.15, 0.2) is 0 Å². The van der Waals surface area contributed by atoms with Crippen molar-refractivity contribution in [1.29, 1.82) is 0 Å². The lowest BCUT2D eigenvalue weighted by Gasteiger charge is -2.08. The topological polar surface area (TPSA) is 47.6 Å². The highest BCUT2D eigenvalue weighted by Crippen LogP contribution is 2.17. The van der Waals surface area contributed by atoms with Crippen molar-refractivity contribution in [1.82, 2.24) is 0 Å². The van der Waals surface area contributed by atoms with Crippen LogP contribution in [-0.4, -0.2) is 18.6 Å². The van der Waals surface area contributed by atoms with Gasteiger partial charge in [-0.15, -0.1) is 11.6 Å². The highest BCUT2D eigenvalue weighted by molar-refractivity contribution is 6.18. The Morgan fingerprint density at radius 3 is 2.43 bits per heavy atom. The van der Waals surface area contributed by atoms with Crippen LogP contribution in [0.2, 0.25) is 0 Å². The van der Waals surface area contributed by atoms with Crippen molar-refractivity contribution in [3.63, 3.8) is 0 Å². The Bertz CT molecular complexity index is 557. The second-order valence-electron chi connectivity index (χ2n) is 4.25. The summed E-state index contributed by atoms with van der Waals surface area (Å²) in [5, 5.41) is 2.60. The van der Waals surface area contributed by atoms with Crippen molar-refractivity contribution in [2.24, 2.45) is 0 Å². The molecule has 0 saturated carbocycles. The van der Waals surface area contributed by atoms with Gasteiger partial charge in [0.25, 0.3) is 0 Å². The molecule has 21 heavy (non-hydrogen) atoms. The maximum Gasteiger partial charge on any atom is 0.411 e. The van der Waals surface area contributed by atoms with Crippen molar-refractivity contribution in [2.45, 2.75) is 6.61 Å². The summed E-state index contributed by atoms with van der Waals surface area (Å²) in [6.45, 7) is 0.692. The van der Waals surface area contributed by atoms with Gasteiger partial charge in [0.05, 0.1) is 5.88 Å². The molecule has 0 aliphatic carbocycles. The van der Waals surface area contributed by atoms with Crippen LogP contribution in [0, 0.1) is 0 Å². The van der Waals surface area contributed by atoms with Crippen LogP contribution in [0.4, 0.5) is 10.5 Å². The van der Waals surface area contributed by atoms with E-state index in [2.05, 4.69) is 5.32 Å². The first-order valence-corrected chi connectivity index (χ1v) is 7.08. The zero-order valence-corrected chi connectivity index (χ0v) is 12.2. The van der Waals surface area contributed by atoms with Crippen LogP contribution in [0.3, 0.4) is 0 Å². The molecule has 1 amide bonds. The summed E-state index contributed by atoms with van der Waals surface area (Å²) < 4.78 is 10.5. The highest BCUT2D eigenvalue weighted by Gasteiger charge is 2.03. The summed E-state index contributed by atoms with van der Waals surface area (Å²) in [5.41, 5.74) is 1.74. The average Bonchev–Trinajstić information content (AvgIpc) is 2.53. The Hall–Kier alpha value is -2.20. The van der Waals surface area contributed by atoms with Crippen LogP contribution in [0.15, 0.2) is 54.6 Å². The summed E-state index contributed by atoms with van der Waals surface area (Å²) in [4.78, 5) is 11.3. The van der Waals surface area contributed by atoms with Crippen molar-refractivity contribution >= 4 is 23.4 Å². The minimum atomic E-state index is -0.520. The van der Waals surface area contributed by atoms with Gasteiger partial charge < -0.3 is 9.47 Å². The van der Waals surface area contributed by atoms with Gasteiger partial charge in [0, 0.05) is 5.69 Å². The highest BCUT2D eigenvalue weighted by atomic mass is 35.5. The second-order valence-corrected chi connectivity index (χ2v) is 4.63. The number of rotatable bonds is 6. The largest absolute Gasteiger partial charge is 0.489 e. The normalized spacial score (nSPS) is 9.95. The summed E-state index contributed by atoms with van der Waals surface area (Å²) in [7, 11) is 0. The fourth-order valence-corrected chi connectivity index (χ4v) is 1.74. The predicted molar refractivity (Wildman–Crippen MR) is 82.9 cm³/mol. The van der Waals surface area contributed by atoms with Crippen molar-refractivity contribution in [2.75, 3.05) is 17.8 Å². The van der Waals surface area contributed by atoms with Gasteiger partial charge in [-0.1, -0.05) is 30.3 Å². The van der Waals surface area contributed by atoms with Gasteiger partial charge in [-0.2, -0.15) is 0 Å². The van der Waals surface area contributed by atoms with Gasteiger partial charge >= 0.3 is 6.09 Å². The second kappa shape index (κ2) is 8.17. The zero-order chi connectivity index (χ0) is 14.9. The van der Waals surface area contributed by atoms with Crippen LogP contribution in [-0.2, 0) is 11.3 Å². The van der Waals surface area contributed by atoms with Crippen LogP contribution >= 0.6 is 11.6 Å². The predicted octanol–water partition coefficient (Wildman–Crippen LogP) is 4.05. The van der Waals surface area contributed by atoms with Crippen LogP contribution < -0.4 is 10.1 Å². The molecule has 0 bridgehead atoms. The third-order valence-corrected chi connectivity index (χ3v) is 2.81. The number of carbonyl (C=O) groups excluding carboxylic acids is 1. The standard InChI is InChI=1S/C16H16ClNO3/c17-10-11-20-16(19)18-14-6-8-15(9-7-14)21-12-13-4-2-1-3-5-13/h1-9H,10-12H2,(H,18,19). The Morgan fingerprint density at radius 1 is 1.05 bits per heavy atom. The van der Waals surface area contributed by atoms with E-state index in [0.29, 0.717) is 12.3 Å². The lowest BCUT2D eigenvalue weighted by molar-refractivity contribution is 0.168. The van der Waals surface area contributed by atoms with Crippen LogP contribution in [0.5, 0.6) is 5.75 Å². The fourth-order valence-electron chi connectivity index (χ4n) is 1.66. The van der Waals surface area contributed by atoms with Gasteiger partial charge in [-0.3, -0.25) is 5.32 Å². The first-order chi connectivity index (χ1) is 10.3. The first-order valence-electron chi connectivity index (χ1n) is 6.54. The molecule has 2 rings (SSSR count). The Labute approximate surface area is 128 Å². The van der Waals surface area contributed by atoms with E-state index in [0.717, 1.165) is 11.3 Å². The van der Waals surface area contributed by atoms with E-state index in [1.807, 2.05) is 30.3 Å². The number of hydrogen-bond acceptors (Lipinski definition) is 3. The summed E-state index contributed by atoms with van der Waals surface area (Å²) in [5.74, 6) is 1.01. The molecule has 2 aromatic rings. The molecule has 110 valence electrons. The molecule has 5 heteroatoms. The summed E-state index contributed by atoms with van der Waals surface area (Å²) >= 11 is 5.43. The molecule has 0 aliphatic rings. The van der Waals surface area contributed by atoms with Crippen LogP contribution in [0.25, 0.3) is 0 Å². The molecule has 0 saturated heterocycles. The number of hydrogen-bond donors (Lipinski definition) is 1. The van der Waals surface area contributed by atoms with Gasteiger partial charge in [-0.25, -0.2) is 4.79 Å².